The summed E-state index contributed by atoms with van der Waals surface area (Å²) in [5, 5.41) is 3.11. The van der Waals surface area contributed by atoms with Crippen LogP contribution in [0.5, 0.6) is 0 Å². The van der Waals surface area contributed by atoms with Gasteiger partial charge in [-0.25, -0.2) is 9.97 Å². The van der Waals surface area contributed by atoms with Gasteiger partial charge in [0, 0.05) is 30.7 Å². The Morgan fingerprint density at radius 1 is 1.25 bits per heavy atom. The van der Waals surface area contributed by atoms with Crippen molar-refractivity contribution in [1.29, 1.82) is 0 Å². The number of amides is 1. The Balaban J connectivity index is 1.39. The molecule has 7 nitrogen and oxygen atoms in total. The predicted molar refractivity (Wildman–Crippen MR) is 134 cm³/mol. The zero-order valence-corrected chi connectivity index (χ0v) is 21.2. The summed E-state index contributed by atoms with van der Waals surface area (Å²) < 4.78 is 45.0. The summed E-state index contributed by atoms with van der Waals surface area (Å²) in [5.41, 5.74) is 0.277. The zero-order valence-electron chi connectivity index (χ0n) is 19.6. The maximum Gasteiger partial charge on any atom is 0.417 e. The molecule has 0 unspecified atom stereocenters. The van der Waals surface area contributed by atoms with Crippen LogP contribution in [0.1, 0.15) is 28.2 Å². The molecule has 1 N–H and O–H groups in total. The fourth-order valence-corrected chi connectivity index (χ4v) is 6.14. The summed E-state index contributed by atoms with van der Waals surface area (Å²) in [7, 11) is 1.77. The number of hydrogen-bond donors (Lipinski definition) is 1. The third-order valence-corrected chi connectivity index (χ3v) is 7.87. The van der Waals surface area contributed by atoms with Crippen molar-refractivity contribution in [2.24, 2.45) is 0 Å². The first-order valence-electron chi connectivity index (χ1n) is 11.7. The van der Waals surface area contributed by atoms with Crippen molar-refractivity contribution in [2.45, 2.75) is 32.0 Å². The van der Waals surface area contributed by atoms with Gasteiger partial charge < -0.3 is 15.0 Å². The lowest BCUT2D eigenvalue weighted by atomic mass is 10.1. The van der Waals surface area contributed by atoms with Gasteiger partial charge in [0.2, 0.25) is 5.91 Å². The molecule has 1 amide bonds. The molecular formula is C24H25ClF3N5O2S. The molecule has 1 aliphatic carbocycles. The second-order valence-corrected chi connectivity index (χ2v) is 10.5. The highest BCUT2D eigenvalue weighted by Crippen LogP contribution is 2.40. The first-order valence-corrected chi connectivity index (χ1v) is 12.9. The average Bonchev–Trinajstić information content (AvgIpc) is 3.41. The molecule has 0 bridgehead atoms. The van der Waals surface area contributed by atoms with Crippen molar-refractivity contribution in [2.75, 3.05) is 50.1 Å². The largest absolute Gasteiger partial charge is 0.417 e. The van der Waals surface area contributed by atoms with Gasteiger partial charge in [-0.15, -0.1) is 11.3 Å². The predicted octanol–water partition coefficient (Wildman–Crippen LogP) is 4.76. The quantitative estimate of drug-likeness (QED) is 0.487. The van der Waals surface area contributed by atoms with Gasteiger partial charge in [0.1, 0.15) is 16.5 Å². The topological polar surface area (TPSA) is 70.6 Å². The summed E-state index contributed by atoms with van der Waals surface area (Å²) in [4.78, 5) is 28.7. The smallest absolute Gasteiger partial charge is 0.379 e. The van der Waals surface area contributed by atoms with Crippen LogP contribution in [-0.4, -0.2) is 60.7 Å². The maximum absolute atomic E-state index is 13.2. The molecule has 1 saturated heterocycles. The van der Waals surface area contributed by atoms with Crippen LogP contribution in [0.15, 0.2) is 18.2 Å². The number of carbonyl (C=O) groups is 1. The minimum Gasteiger partial charge on any atom is -0.379 e. The Morgan fingerprint density at radius 2 is 2.03 bits per heavy atom. The summed E-state index contributed by atoms with van der Waals surface area (Å²) >= 11 is 7.37. The third kappa shape index (κ3) is 5.29. The fraction of sp³-hybridized carbons (Fsp3) is 0.458. The molecule has 12 heteroatoms. The summed E-state index contributed by atoms with van der Waals surface area (Å²) in [6.07, 6.45) is -1.58. The molecule has 1 aromatic carbocycles. The van der Waals surface area contributed by atoms with Crippen molar-refractivity contribution in [1.82, 2.24) is 14.9 Å². The maximum atomic E-state index is 13.2. The first kappa shape index (κ1) is 25.2. The van der Waals surface area contributed by atoms with Crippen molar-refractivity contribution in [3.63, 3.8) is 0 Å². The average molecular weight is 540 g/mol. The molecule has 0 radical (unpaired) electrons. The van der Waals surface area contributed by atoms with Crippen LogP contribution >= 0.6 is 22.9 Å². The summed E-state index contributed by atoms with van der Waals surface area (Å²) in [6.45, 7) is 3.44. The van der Waals surface area contributed by atoms with Crippen molar-refractivity contribution in [3.05, 3.63) is 45.1 Å². The van der Waals surface area contributed by atoms with Crippen LogP contribution in [0.4, 0.5) is 24.7 Å². The first-order chi connectivity index (χ1) is 17.2. The monoisotopic (exact) mass is 539 g/mol. The van der Waals surface area contributed by atoms with Crippen molar-refractivity contribution >= 4 is 50.6 Å². The number of morpholine rings is 1. The molecule has 3 aromatic rings. The van der Waals surface area contributed by atoms with E-state index in [0.29, 0.717) is 31.4 Å². The molecule has 1 aliphatic heterocycles. The lowest BCUT2D eigenvalue weighted by molar-refractivity contribution is -0.137. The lowest BCUT2D eigenvalue weighted by Gasteiger charge is -2.26. The Kier molecular flexibility index (Phi) is 7.08. The molecular weight excluding hydrogens is 515 g/mol. The van der Waals surface area contributed by atoms with Crippen LogP contribution < -0.4 is 10.2 Å². The highest BCUT2D eigenvalue weighted by Gasteiger charge is 2.33. The minimum absolute atomic E-state index is 0.0300. The molecule has 192 valence electrons. The third-order valence-electron chi connectivity index (χ3n) is 6.36. The highest BCUT2D eigenvalue weighted by molar-refractivity contribution is 7.19. The van der Waals surface area contributed by atoms with E-state index in [4.69, 9.17) is 26.3 Å². The van der Waals surface area contributed by atoms with E-state index in [2.05, 4.69) is 10.2 Å². The van der Waals surface area contributed by atoms with E-state index < -0.39 is 22.7 Å². The van der Waals surface area contributed by atoms with Gasteiger partial charge in [-0.2, -0.15) is 13.2 Å². The van der Waals surface area contributed by atoms with Gasteiger partial charge in [0.25, 0.3) is 0 Å². The molecule has 0 atom stereocenters. The molecule has 1 fully saturated rings. The van der Waals surface area contributed by atoms with E-state index in [-0.39, 0.29) is 12.2 Å². The number of thiophene rings is 1. The fourth-order valence-electron chi connectivity index (χ4n) is 4.64. The van der Waals surface area contributed by atoms with E-state index in [1.165, 1.54) is 16.5 Å². The molecule has 2 aliphatic rings. The van der Waals surface area contributed by atoms with E-state index in [1.807, 2.05) is 0 Å². The Labute approximate surface area is 215 Å². The number of alkyl halides is 3. The number of nitrogens with one attached hydrogen (secondary N) is 1. The van der Waals surface area contributed by atoms with E-state index in [1.54, 1.807) is 23.3 Å². The number of aryl methyl sites for hydroxylation is 2. The summed E-state index contributed by atoms with van der Waals surface area (Å²) in [6, 6.07) is 3.32. The Bertz CT molecular complexity index is 1290. The molecule has 3 heterocycles. The van der Waals surface area contributed by atoms with Gasteiger partial charge >= 0.3 is 6.18 Å². The molecule has 2 aromatic heterocycles. The standard InChI is InChI=1S/C24H25ClF3N5O2S/c1-32(13-20(34)29-14-5-6-17(25)16(11-14)24(26,27)28)22-21-15-3-2-4-18(15)36-23(21)31-19(30-22)12-33-7-9-35-10-8-33/h5-6,11H,2-4,7-10,12-13H2,1H3,(H,29,34). The van der Waals surface area contributed by atoms with Gasteiger partial charge in [-0.05, 0) is 43.0 Å². The van der Waals surface area contributed by atoms with Gasteiger partial charge in [0.05, 0.1) is 42.3 Å². The van der Waals surface area contributed by atoms with E-state index in [0.717, 1.165) is 54.7 Å². The van der Waals surface area contributed by atoms with Crippen molar-refractivity contribution < 1.29 is 22.7 Å². The number of anilines is 2. The molecule has 0 saturated carbocycles. The van der Waals surface area contributed by atoms with Gasteiger partial charge in [0.15, 0.2) is 0 Å². The number of hydrogen-bond acceptors (Lipinski definition) is 7. The SMILES string of the molecule is CN(CC(=O)Nc1ccc(Cl)c(C(F)(F)F)c1)c1nc(CN2CCOCC2)nc2sc3c(c12)CCC3. The molecule has 36 heavy (non-hydrogen) atoms. The Hall–Kier alpha value is -2.47. The number of ether oxygens (including phenoxy) is 1. The number of aromatic nitrogens is 2. The van der Waals surface area contributed by atoms with Crippen molar-refractivity contribution in [3.8, 4) is 0 Å². The molecule has 5 rings (SSSR count). The number of carbonyl (C=O) groups excluding carboxylic acids is 1. The number of likely N-dealkylation sites (N-methyl/N-ethyl adjacent to an activating group) is 1. The Morgan fingerprint density at radius 3 is 2.78 bits per heavy atom. The second-order valence-electron chi connectivity index (χ2n) is 8.99. The van der Waals surface area contributed by atoms with Crippen LogP contribution in [0.2, 0.25) is 5.02 Å². The van der Waals surface area contributed by atoms with Gasteiger partial charge in [-0.3, -0.25) is 9.69 Å². The van der Waals surface area contributed by atoms with Crippen LogP contribution in [-0.2, 0) is 35.1 Å². The zero-order chi connectivity index (χ0) is 25.4. The number of fused-ring (bicyclic) bond motifs is 3. The van der Waals surface area contributed by atoms with Crippen LogP contribution in [0.3, 0.4) is 0 Å². The number of rotatable bonds is 6. The normalized spacial score (nSPS) is 16.4. The highest BCUT2D eigenvalue weighted by atomic mass is 35.5. The van der Waals surface area contributed by atoms with E-state index in [9.17, 15) is 18.0 Å². The second kappa shape index (κ2) is 10.1. The van der Waals surface area contributed by atoms with E-state index >= 15 is 0 Å². The van der Waals surface area contributed by atoms with Gasteiger partial charge in [-0.1, -0.05) is 11.6 Å². The molecule has 0 spiro atoms. The van der Waals surface area contributed by atoms with Crippen LogP contribution in [0.25, 0.3) is 10.2 Å². The lowest BCUT2D eigenvalue weighted by Crippen LogP contribution is -2.36. The number of halogens is 4. The summed E-state index contributed by atoms with van der Waals surface area (Å²) in [5.74, 6) is 0.894. The number of nitrogens with zero attached hydrogens (tertiary/aromatic N) is 4. The minimum atomic E-state index is -4.61. The van der Waals surface area contributed by atoms with Crippen LogP contribution in [0, 0.1) is 0 Å². The number of benzene rings is 1.